The second kappa shape index (κ2) is 5.41. The Morgan fingerprint density at radius 3 is 2.75 bits per heavy atom. The molecule has 4 heteroatoms. The van der Waals surface area contributed by atoms with Crippen molar-refractivity contribution < 1.29 is 4.79 Å². The fourth-order valence-corrected chi connectivity index (χ4v) is 2.52. The third-order valence-electron chi connectivity index (χ3n) is 2.35. The van der Waals surface area contributed by atoms with Gasteiger partial charge in [-0.2, -0.15) is 0 Å². The number of nitrogens with zero attached hydrogens (tertiary/aromatic N) is 1. The highest BCUT2D eigenvalue weighted by Crippen LogP contribution is 2.14. The molecule has 0 N–H and O–H groups in total. The topological polar surface area (TPSA) is 20.3 Å². The average Bonchev–Trinajstić information content (AvgIpc) is 2.81. The normalized spacial score (nSPS) is 15.9. The maximum atomic E-state index is 11.7. The first kappa shape index (κ1) is 11.6. The summed E-state index contributed by atoms with van der Waals surface area (Å²) in [7, 11) is 0. The smallest absolute Gasteiger partial charge is 0.247 e. The van der Waals surface area contributed by atoms with E-state index in [1.165, 1.54) is 0 Å². The van der Waals surface area contributed by atoms with E-state index in [9.17, 15) is 4.79 Å². The van der Waals surface area contributed by atoms with Crippen molar-refractivity contribution in [3.05, 3.63) is 40.9 Å². The number of thioether (sulfide) groups is 1. The monoisotopic (exact) mass is 253 g/mol. The van der Waals surface area contributed by atoms with Gasteiger partial charge in [-0.15, -0.1) is 11.8 Å². The predicted molar refractivity (Wildman–Crippen MR) is 69.5 cm³/mol. The molecule has 0 unspecified atom stereocenters. The summed E-state index contributed by atoms with van der Waals surface area (Å²) >= 11 is 7.56. The van der Waals surface area contributed by atoms with Crippen LogP contribution in [0.15, 0.2) is 30.3 Å². The Labute approximate surface area is 104 Å². The van der Waals surface area contributed by atoms with Crippen molar-refractivity contribution in [1.29, 1.82) is 0 Å². The standard InChI is InChI=1S/C12H12ClNOS/c13-11-4-1-10(2-5-11)3-6-12(15)14-7-8-16-9-14/h1-6H,7-9H2/b6-3+. The highest BCUT2D eigenvalue weighted by molar-refractivity contribution is 7.99. The van der Waals surface area contributed by atoms with E-state index in [1.807, 2.05) is 35.2 Å². The summed E-state index contributed by atoms with van der Waals surface area (Å²) in [5, 5.41) is 0.708. The minimum absolute atomic E-state index is 0.0833. The Kier molecular flexibility index (Phi) is 3.91. The lowest BCUT2D eigenvalue weighted by atomic mass is 10.2. The number of benzene rings is 1. The lowest BCUT2D eigenvalue weighted by molar-refractivity contribution is -0.124. The van der Waals surface area contributed by atoms with Crippen molar-refractivity contribution in [3.63, 3.8) is 0 Å². The lowest BCUT2D eigenvalue weighted by Crippen LogP contribution is -2.25. The van der Waals surface area contributed by atoms with Gasteiger partial charge in [0.2, 0.25) is 5.91 Å². The van der Waals surface area contributed by atoms with Crippen LogP contribution >= 0.6 is 23.4 Å². The molecule has 0 saturated carbocycles. The molecule has 0 radical (unpaired) electrons. The summed E-state index contributed by atoms with van der Waals surface area (Å²) in [5.41, 5.74) is 0.990. The van der Waals surface area contributed by atoms with E-state index in [0.29, 0.717) is 5.02 Å². The van der Waals surface area contributed by atoms with E-state index < -0.39 is 0 Å². The number of amides is 1. The molecule has 1 heterocycles. The Bertz CT molecular complexity index is 396. The fraction of sp³-hybridized carbons (Fsp3) is 0.250. The lowest BCUT2D eigenvalue weighted by Gasteiger charge is -2.10. The van der Waals surface area contributed by atoms with Crippen LogP contribution in [-0.2, 0) is 4.79 Å². The number of carbonyl (C=O) groups is 1. The molecule has 1 saturated heterocycles. The van der Waals surface area contributed by atoms with Crippen LogP contribution in [0.2, 0.25) is 5.02 Å². The van der Waals surface area contributed by atoms with Crippen molar-refractivity contribution in [2.75, 3.05) is 18.2 Å². The molecule has 1 aromatic carbocycles. The van der Waals surface area contributed by atoms with Gasteiger partial charge in [-0.1, -0.05) is 23.7 Å². The summed E-state index contributed by atoms with van der Waals surface area (Å²) in [6.07, 6.45) is 3.44. The van der Waals surface area contributed by atoms with Gasteiger partial charge in [0.1, 0.15) is 0 Å². The third-order valence-corrected chi connectivity index (χ3v) is 3.57. The zero-order chi connectivity index (χ0) is 11.4. The van der Waals surface area contributed by atoms with Crippen LogP contribution in [0.3, 0.4) is 0 Å². The SMILES string of the molecule is O=C(/C=C/c1ccc(Cl)cc1)N1CCSC1. The first-order valence-electron chi connectivity index (χ1n) is 5.06. The van der Waals surface area contributed by atoms with Crippen LogP contribution in [0, 0.1) is 0 Å². The number of carbonyl (C=O) groups excluding carboxylic acids is 1. The second-order valence-electron chi connectivity index (χ2n) is 3.52. The van der Waals surface area contributed by atoms with E-state index in [4.69, 9.17) is 11.6 Å². The van der Waals surface area contributed by atoms with Gasteiger partial charge in [0.05, 0.1) is 5.88 Å². The maximum absolute atomic E-state index is 11.7. The minimum atomic E-state index is 0.0833. The molecule has 0 spiro atoms. The van der Waals surface area contributed by atoms with Crippen LogP contribution in [0.5, 0.6) is 0 Å². The molecule has 0 atom stereocenters. The van der Waals surface area contributed by atoms with Crippen molar-refractivity contribution in [2.24, 2.45) is 0 Å². The molecule has 1 amide bonds. The van der Waals surface area contributed by atoms with Crippen LogP contribution in [0.25, 0.3) is 6.08 Å². The highest BCUT2D eigenvalue weighted by Gasteiger charge is 2.15. The molecular weight excluding hydrogens is 242 g/mol. The Morgan fingerprint density at radius 1 is 1.38 bits per heavy atom. The van der Waals surface area contributed by atoms with Crippen molar-refractivity contribution >= 4 is 35.3 Å². The van der Waals surface area contributed by atoms with E-state index in [0.717, 1.165) is 23.7 Å². The molecule has 84 valence electrons. The zero-order valence-electron chi connectivity index (χ0n) is 8.73. The third kappa shape index (κ3) is 3.03. The van der Waals surface area contributed by atoms with Crippen LogP contribution in [0.4, 0.5) is 0 Å². The minimum Gasteiger partial charge on any atom is -0.329 e. The van der Waals surface area contributed by atoms with Gasteiger partial charge in [-0.3, -0.25) is 4.79 Å². The Balaban J connectivity index is 1.97. The van der Waals surface area contributed by atoms with Crippen molar-refractivity contribution in [3.8, 4) is 0 Å². The predicted octanol–water partition coefficient (Wildman–Crippen LogP) is 2.89. The van der Waals surface area contributed by atoms with E-state index >= 15 is 0 Å². The number of rotatable bonds is 2. The zero-order valence-corrected chi connectivity index (χ0v) is 10.3. The summed E-state index contributed by atoms with van der Waals surface area (Å²) in [5.74, 6) is 1.93. The van der Waals surface area contributed by atoms with Gasteiger partial charge < -0.3 is 4.90 Å². The summed E-state index contributed by atoms with van der Waals surface area (Å²) in [6, 6.07) is 7.42. The molecule has 1 aliphatic rings. The number of hydrogen-bond donors (Lipinski definition) is 0. The van der Waals surface area contributed by atoms with Gasteiger partial charge in [-0.25, -0.2) is 0 Å². The fourth-order valence-electron chi connectivity index (χ4n) is 1.43. The van der Waals surface area contributed by atoms with Crippen molar-refractivity contribution in [2.45, 2.75) is 0 Å². The van der Waals surface area contributed by atoms with E-state index in [2.05, 4.69) is 0 Å². The Hall–Kier alpha value is -0.930. The Morgan fingerprint density at radius 2 is 2.12 bits per heavy atom. The summed E-state index contributed by atoms with van der Waals surface area (Å²) in [6.45, 7) is 0.856. The first-order chi connectivity index (χ1) is 7.75. The summed E-state index contributed by atoms with van der Waals surface area (Å²) in [4.78, 5) is 13.5. The molecule has 1 aromatic rings. The summed E-state index contributed by atoms with van der Waals surface area (Å²) < 4.78 is 0. The molecule has 1 fully saturated rings. The van der Waals surface area contributed by atoms with Gasteiger partial charge in [-0.05, 0) is 23.8 Å². The second-order valence-corrected chi connectivity index (χ2v) is 5.04. The molecule has 2 nitrogen and oxygen atoms in total. The van der Waals surface area contributed by atoms with Crippen molar-refractivity contribution in [1.82, 2.24) is 4.90 Å². The molecule has 2 rings (SSSR count). The van der Waals surface area contributed by atoms with E-state index in [1.54, 1.807) is 17.8 Å². The van der Waals surface area contributed by atoms with Crippen LogP contribution in [-0.4, -0.2) is 29.0 Å². The van der Waals surface area contributed by atoms with Gasteiger partial charge in [0.25, 0.3) is 0 Å². The number of hydrogen-bond acceptors (Lipinski definition) is 2. The van der Waals surface area contributed by atoms with Gasteiger partial charge in [0, 0.05) is 23.4 Å². The molecule has 0 aliphatic carbocycles. The average molecular weight is 254 g/mol. The van der Waals surface area contributed by atoms with Gasteiger partial charge in [0.15, 0.2) is 0 Å². The first-order valence-corrected chi connectivity index (χ1v) is 6.59. The molecule has 16 heavy (non-hydrogen) atoms. The number of halogens is 1. The maximum Gasteiger partial charge on any atom is 0.247 e. The van der Waals surface area contributed by atoms with Crippen LogP contribution < -0.4 is 0 Å². The largest absolute Gasteiger partial charge is 0.329 e. The molecule has 0 aromatic heterocycles. The quantitative estimate of drug-likeness (QED) is 0.756. The van der Waals surface area contributed by atoms with E-state index in [-0.39, 0.29) is 5.91 Å². The molecule has 1 aliphatic heterocycles. The molecular formula is C12H12ClNOS. The van der Waals surface area contributed by atoms with Crippen LogP contribution in [0.1, 0.15) is 5.56 Å². The highest BCUT2D eigenvalue weighted by atomic mass is 35.5. The van der Waals surface area contributed by atoms with Gasteiger partial charge >= 0.3 is 0 Å². The molecule has 0 bridgehead atoms.